The number of rotatable bonds is 2. The molecule has 0 unspecified atom stereocenters. The number of nitrogens with zero attached hydrogens (tertiary/aromatic N) is 3. The van der Waals surface area contributed by atoms with Crippen molar-refractivity contribution in [2.45, 2.75) is 25.7 Å². The van der Waals surface area contributed by atoms with Gasteiger partial charge in [-0.3, -0.25) is 0 Å². The van der Waals surface area contributed by atoms with E-state index >= 15 is 0 Å². The summed E-state index contributed by atoms with van der Waals surface area (Å²) < 4.78 is 0. The first-order valence-electron chi connectivity index (χ1n) is 7.17. The highest BCUT2D eigenvalue weighted by molar-refractivity contribution is 6.30. The molecular weight excluding hydrogens is 270 g/mol. The average molecular weight is 288 g/mol. The van der Waals surface area contributed by atoms with Gasteiger partial charge in [-0.15, -0.1) is 0 Å². The molecule has 0 N–H and O–H groups in total. The third-order valence-corrected chi connectivity index (χ3v) is 3.92. The summed E-state index contributed by atoms with van der Waals surface area (Å²) in [6.07, 6.45) is 6.93. The molecule has 2 aromatic rings. The van der Waals surface area contributed by atoms with Crippen molar-refractivity contribution in [1.82, 2.24) is 9.97 Å². The average Bonchev–Trinajstić information content (AvgIpc) is 2.77. The van der Waals surface area contributed by atoms with Gasteiger partial charge in [0.2, 0.25) is 5.95 Å². The Hall–Kier alpha value is -1.61. The van der Waals surface area contributed by atoms with E-state index in [0.29, 0.717) is 0 Å². The molecule has 0 atom stereocenters. The third-order valence-electron chi connectivity index (χ3n) is 3.67. The summed E-state index contributed by atoms with van der Waals surface area (Å²) in [5, 5.41) is 0.746. The van der Waals surface area contributed by atoms with Crippen LogP contribution in [0.1, 0.15) is 25.7 Å². The minimum atomic E-state index is 0.746. The number of anilines is 1. The van der Waals surface area contributed by atoms with E-state index in [2.05, 4.69) is 9.88 Å². The first-order valence-corrected chi connectivity index (χ1v) is 7.55. The molecule has 1 saturated heterocycles. The lowest BCUT2D eigenvalue weighted by molar-refractivity contribution is 0.726. The second-order valence-corrected chi connectivity index (χ2v) is 5.59. The van der Waals surface area contributed by atoms with Gasteiger partial charge in [0.05, 0.1) is 5.69 Å². The molecule has 2 heterocycles. The van der Waals surface area contributed by atoms with Crippen molar-refractivity contribution in [2.24, 2.45) is 0 Å². The van der Waals surface area contributed by atoms with Gasteiger partial charge < -0.3 is 4.90 Å². The van der Waals surface area contributed by atoms with Crippen LogP contribution in [0.2, 0.25) is 5.02 Å². The normalized spacial score (nSPS) is 15.9. The predicted molar refractivity (Wildman–Crippen MR) is 83.2 cm³/mol. The minimum absolute atomic E-state index is 0.746. The predicted octanol–water partition coefficient (Wildman–Crippen LogP) is 4.18. The molecular formula is C16H18ClN3. The van der Waals surface area contributed by atoms with Crippen molar-refractivity contribution in [1.29, 1.82) is 0 Å². The molecule has 1 aromatic carbocycles. The standard InChI is InChI=1S/C16H18ClN3/c17-14-7-5-13(6-8-14)15-9-10-18-16(19-15)20-11-3-1-2-4-12-20/h5-10H,1-4,11-12H2. The van der Waals surface area contributed by atoms with Crippen LogP contribution in [0.5, 0.6) is 0 Å². The summed E-state index contributed by atoms with van der Waals surface area (Å²) >= 11 is 5.93. The van der Waals surface area contributed by atoms with E-state index in [1.54, 1.807) is 0 Å². The summed E-state index contributed by atoms with van der Waals surface area (Å²) in [6, 6.07) is 9.73. The van der Waals surface area contributed by atoms with Gasteiger partial charge in [-0.1, -0.05) is 36.6 Å². The molecule has 3 nitrogen and oxygen atoms in total. The van der Waals surface area contributed by atoms with Crippen molar-refractivity contribution in [3.8, 4) is 11.3 Å². The van der Waals surface area contributed by atoms with E-state index < -0.39 is 0 Å². The molecule has 0 aliphatic carbocycles. The van der Waals surface area contributed by atoms with Gasteiger partial charge in [0.15, 0.2) is 0 Å². The molecule has 0 spiro atoms. The Bertz CT molecular complexity index is 560. The summed E-state index contributed by atoms with van der Waals surface area (Å²) in [6.45, 7) is 2.12. The van der Waals surface area contributed by atoms with Gasteiger partial charge >= 0.3 is 0 Å². The van der Waals surface area contributed by atoms with Gasteiger partial charge in [0, 0.05) is 29.9 Å². The maximum atomic E-state index is 5.93. The van der Waals surface area contributed by atoms with Crippen LogP contribution in [0.3, 0.4) is 0 Å². The molecule has 0 saturated carbocycles. The Morgan fingerprint density at radius 3 is 2.30 bits per heavy atom. The summed E-state index contributed by atoms with van der Waals surface area (Å²) in [4.78, 5) is 11.4. The molecule has 1 aliphatic heterocycles. The minimum Gasteiger partial charge on any atom is -0.341 e. The Morgan fingerprint density at radius 1 is 0.900 bits per heavy atom. The molecule has 0 amide bonds. The SMILES string of the molecule is Clc1ccc(-c2ccnc(N3CCCCCC3)n2)cc1. The smallest absolute Gasteiger partial charge is 0.225 e. The van der Waals surface area contributed by atoms with Crippen LogP contribution in [0.25, 0.3) is 11.3 Å². The quantitative estimate of drug-likeness (QED) is 0.830. The van der Waals surface area contributed by atoms with Crippen LogP contribution in [0.4, 0.5) is 5.95 Å². The van der Waals surface area contributed by atoms with E-state index in [4.69, 9.17) is 16.6 Å². The number of aromatic nitrogens is 2. The van der Waals surface area contributed by atoms with Crippen LogP contribution < -0.4 is 4.90 Å². The molecule has 104 valence electrons. The van der Waals surface area contributed by atoms with E-state index in [1.165, 1.54) is 25.7 Å². The number of halogens is 1. The summed E-state index contributed by atoms with van der Waals surface area (Å²) in [5.41, 5.74) is 2.03. The second-order valence-electron chi connectivity index (χ2n) is 5.15. The van der Waals surface area contributed by atoms with Gasteiger partial charge in [0.1, 0.15) is 0 Å². The van der Waals surface area contributed by atoms with Gasteiger partial charge in [-0.2, -0.15) is 0 Å². The van der Waals surface area contributed by atoms with Gasteiger partial charge in [-0.05, 0) is 31.0 Å². The first-order chi connectivity index (χ1) is 9.83. The zero-order chi connectivity index (χ0) is 13.8. The zero-order valence-corrected chi connectivity index (χ0v) is 12.2. The summed E-state index contributed by atoms with van der Waals surface area (Å²) in [7, 11) is 0. The molecule has 0 radical (unpaired) electrons. The number of hydrogen-bond acceptors (Lipinski definition) is 3. The van der Waals surface area contributed by atoms with Crippen molar-refractivity contribution in [2.75, 3.05) is 18.0 Å². The monoisotopic (exact) mass is 287 g/mol. The van der Waals surface area contributed by atoms with E-state index in [0.717, 1.165) is 35.3 Å². The van der Waals surface area contributed by atoms with E-state index in [-0.39, 0.29) is 0 Å². The van der Waals surface area contributed by atoms with Crippen LogP contribution in [0, 0.1) is 0 Å². The highest BCUT2D eigenvalue weighted by atomic mass is 35.5. The largest absolute Gasteiger partial charge is 0.341 e. The van der Waals surface area contributed by atoms with Crippen LogP contribution >= 0.6 is 11.6 Å². The Labute approximate surface area is 124 Å². The molecule has 4 heteroatoms. The molecule has 1 fully saturated rings. The lowest BCUT2D eigenvalue weighted by atomic mass is 10.1. The lowest BCUT2D eigenvalue weighted by Gasteiger charge is -2.20. The fourth-order valence-corrected chi connectivity index (χ4v) is 2.68. The number of benzene rings is 1. The maximum Gasteiger partial charge on any atom is 0.225 e. The summed E-state index contributed by atoms with van der Waals surface area (Å²) in [5.74, 6) is 0.847. The fourth-order valence-electron chi connectivity index (χ4n) is 2.55. The first kappa shape index (κ1) is 13.4. The Balaban J connectivity index is 1.86. The molecule has 0 bridgehead atoms. The van der Waals surface area contributed by atoms with Gasteiger partial charge in [-0.25, -0.2) is 9.97 Å². The van der Waals surface area contributed by atoms with Crippen LogP contribution in [0.15, 0.2) is 36.5 Å². The Kier molecular flexibility index (Phi) is 4.16. The van der Waals surface area contributed by atoms with Gasteiger partial charge in [0.25, 0.3) is 0 Å². The van der Waals surface area contributed by atoms with E-state index in [9.17, 15) is 0 Å². The lowest BCUT2D eigenvalue weighted by Crippen LogP contribution is -2.26. The Morgan fingerprint density at radius 2 is 1.60 bits per heavy atom. The van der Waals surface area contributed by atoms with Crippen LogP contribution in [-0.4, -0.2) is 23.1 Å². The molecule has 20 heavy (non-hydrogen) atoms. The van der Waals surface area contributed by atoms with Crippen molar-refractivity contribution < 1.29 is 0 Å². The molecule has 3 rings (SSSR count). The highest BCUT2D eigenvalue weighted by Gasteiger charge is 2.13. The third kappa shape index (κ3) is 3.10. The zero-order valence-electron chi connectivity index (χ0n) is 11.4. The van der Waals surface area contributed by atoms with Crippen molar-refractivity contribution in [3.63, 3.8) is 0 Å². The maximum absolute atomic E-state index is 5.93. The topological polar surface area (TPSA) is 29.0 Å². The highest BCUT2D eigenvalue weighted by Crippen LogP contribution is 2.22. The number of hydrogen-bond donors (Lipinski definition) is 0. The van der Waals surface area contributed by atoms with E-state index in [1.807, 2.05) is 36.5 Å². The van der Waals surface area contributed by atoms with Crippen molar-refractivity contribution >= 4 is 17.5 Å². The second kappa shape index (κ2) is 6.23. The molecule has 1 aromatic heterocycles. The molecule has 1 aliphatic rings. The van der Waals surface area contributed by atoms with Crippen molar-refractivity contribution in [3.05, 3.63) is 41.6 Å². The fraction of sp³-hybridized carbons (Fsp3) is 0.375. The van der Waals surface area contributed by atoms with Crippen LogP contribution in [-0.2, 0) is 0 Å².